The summed E-state index contributed by atoms with van der Waals surface area (Å²) in [6, 6.07) is 13.6. The Labute approximate surface area is 235 Å². The van der Waals surface area contributed by atoms with Gasteiger partial charge in [-0.15, -0.1) is 0 Å². The van der Waals surface area contributed by atoms with E-state index in [1.807, 2.05) is 60.5 Å². The number of anilines is 2. The van der Waals surface area contributed by atoms with Gasteiger partial charge in [0, 0.05) is 48.9 Å². The van der Waals surface area contributed by atoms with Crippen LogP contribution in [0.3, 0.4) is 0 Å². The van der Waals surface area contributed by atoms with E-state index >= 15 is 0 Å². The Kier molecular flexibility index (Phi) is 6.18. The van der Waals surface area contributed by atoms with Crippen LogP contribution in [0.4, 0.5) is 11.5 Å². The lowest BCUT2D eigenvalue weighted by Gasteiger charge is -2.38. The van der Waals surface area contributed by atoms with Gasteiger partial charge in [-0.05, 0) is 61.7 Å². The minimum atomic E-state index is -0.00647. The van der Waals surface area contributed by atoms with Gasteiger partial charge in [-0.1, -0.05) is 6.58 Å². The summed E-state index contributed by atoms with van der Waals surface area (Å²) in [7, 11) is 0. The summed E-state index contributed by atoms with van der Waals surface area (Å²) in [5.41, 5.74) is 3.83. The first-order chi connectivity index (χ1) is 20.0. The zero-order valence-electron chi connectivity index (χ0n) is 22.5. The van der Waals surface area contributed by atoms with Crippen molar-refractivity contribution in [2.45, 2.75) is 50.8 Å². The number of hydrogen-bond acceptors (Lipinski definition) is 9. The number of pyridine rings is 2. The first-order valence-corrected chi connectivity index (χ1v) is 13.6. The molecule has 7 rings (SSSR count). The minimum absolute atomic E-state index is 0.00647. The van der Waals surface area contributed by atoms with Crippen molar-refractivity contribution < 1.29 is 14.3 Å². The Bertz CT molecular complexity index is 1770. The molecule has 3 atom stereocenters. The van der Waals surface area contributed by atoms with Crippen LogP contribution in [-0.4, -0.2) is 58.5 Å². The van der Waals surface area contributed by atoms with Gasteiger partial charge >= 0.3 is 0 Å². The number of carbonyl (C=O) groups is 1. The highest BCUT2D eigenvalue weighted by atomic mass is 16.5. The Morgan fingerprint density at radius 2 is 1.90 bits per heavy atom. The number of aromatic nitrogens is 6. The van der Waals surface area contributed by atoms with Crippen molar-refractivity contribution in [1.29, 1.82) is 0 Å². The molecule has 5 aromatic rings. The van der Waals surface area contributed by atoms with Crippen LogP contribution in [0.25, 0.3) is 16.7 Å². The van der Waals surface area contributed by atoms with Crippen molar-refractivity contribution in [3.63, 3.8) is 0 Å². The number of aryl methyl sites for hydroxylation is 1. The van der Waals surface area contributed by atoms with Crippen LogP contribution in [0.2, 0.25) is 0 Å². The summed E-state index contributed by atoms with van der Waals surface area (Å²) in [5.74, 6) is 2.52. The Hall–Kier alpha value is -5.06. The zero-order chi connectivity index (χ0) is 27.9. The van der Waals surface area contributed by atoms with Gasteiger partial charge in [-0.2, -0.15) is 5.10 Å². The molecule has 0 aliphatic carbocycles. The van der Waals surface area contributed by atoms with Crippen molar-refractivity contribution in [2.75, 3.05) is 5.32 Å². The van der Waals surface area contributed by atoms with E-state index in [1.54, 1.807) is 4.52 Å². The third-order valence-corrected chi connectivity index (χ3v) is 7.78. The predicted molar refractivity (Wildman–Crippen MR) is 152 cm³/mol. The molecule has 41 heavy (non-hydrogen) atoms. The minimum Gasteiger partial charge on any atom is -0.474 e. The molecule has 206 valence electrons. The highest BCUT2D eigenvalue weighted by Gasteiger charge is 2.43. The molecule has 4 aromatic heterocycles. The van der Waals surface area contributed by atoms with E-state index in [4.69, 9.17) is 14.5 Å². The maximum atomic E-state index is 12.3. The van der Waals surface area contributed by atoms with Crippen LogP contribution < -0.4 is 14.8 Å². The fourth-order valence-electron chi connectivity index (χ4n) is 5.90. The van der Waals surface area contributed by atoms with E-state index in [0.29, 0.717) is 34.1 Å². The van der Waals surface area contributed by atoms with Crippen molar-refractivity contribution in [3.05, 3.63) is 79.5 Å². The second kappa shape index (κ2) is 10.2. The third kappa shape index (κ3) is 4.79. The summed E-state index contributed by atoms with van der Waals surface area (Å²) in [4.78, 5) is 32.1. The summed E-state index contributed by atoms with van der Waals surface area (Å²) < 4.78 is 14.1. The first-order valence-electron chi connectivity index (χ1n) is 13.6. The molecule has 1 unspecified atom stereocenters. The molecule has 6 heterocycles. The van der Waals surface area contributed by atoms with Crippen LogP contribution in [-0.2, 0) is 4.79 Å². The normalized spacial score (nSPS) is 19.8. The number of amides is 1. The third-order valence-electron chi connectivity index (χ3n) is 7.78. The molecule has 1 N–H and O–H groups in total. The number of ether oxygens (including phenoxy) is 2. The van der Waals surface area contributed by atoms with Crippen molar-refractivity contribution in [1.82, 2.24) is 34.4 Å². The lowest BCUT2D eigenvalue weighted by Crippen LogP contribution is -2.48. The molecule has 0 spiro atoms. The van der Waals surface area contributed by atoms with Crippen LogP contribution >= 0.6 is 0 Å². The van der Waals surface area contributed by atoms with E-state index in [-0.39, 0.29) is 24.1 Å². The average Bonchev–Trinajstić information content (AvgIpc) is 3.55. The van der Waals surface area contributed by atoms with E-state index < -0.39 is 0 Å². The second-order valence-corrected chi connectivity index (χ2v) is 10.4. The molecule has 2 aliphatic rings. The van der Waals surface area contributed by atoms with Gasteiger partial charge in [0.1, 0.15) is 35.8 Å². The van der Waals surface area contributed by atoms with E-state index in [0.717, 1.165) is 42.7 Å². The summed E-state index contributed by atoms with van der Waals surface area (Å²) in [5, 5.41) is 7.49. The molecule has 11 heteroatoms. The number of nitrogens with zero attached hydrogens (tertiary/aromatic N) is 7. The maximum absolute atomic E-state index is 12.3. The van der Waals surface area contributed by atoms with E-state index in [1.165, 1.54) is 18.7 Å². The zero-order valence-corrected chi connectivity index (χ0v) is 22.5. The molecule has 2 saturated heterocycles. The maximum Gasteiger partial charge on any atom is 0.246 e. The highest BCUT2D eigenvalue weighted by Crippen LogP contribution is 2.38. The number of carbonyl (C=O) groups excluding carboxylic acids is 1. The largest absolute Gasteiger partial charge is 0.474 e. The Balaban J connectivity index is 1.08. The predicted octanol–water partition coefficient (Wildman–Crippen LogP) is 5.00. The monoisotopic (exact) mass is 548 g/mol. The quantitative estimate of drug-likeness (QED) is 0.280. The van der Waals surface area contributed by atoms with Crippen molar-refractivity contribution >= 4 is 34.1 Å². The first kappa shape index (κ1) is 24.9. The molecular weight excluding hydrogens is 520 g/mol. The molecule has 1 aromatic carbocycles. The van der Waals surface area contributed by atoms with Crippen LogP contribution in [0.1, 0.15) is 31.2 Å². The fraction of sp³-hybridized carbons (Fsp3) is 0.267. The standard InChI is InChI=1S/C30H28N8O3/c1-3-28(39)38-20-5-6-21(38)14-23(13-20)41-27-9-7-24-29(36-27)30(33-16-31-24)35-19-4-8-25(18(2)12-19)40-22-10-11-37-26(15-22)32-17-34-37/h3-4,7-12,15-17,20-21,23H,1,5-6,13-14H2,2H3,(H,31,33,35)/t20-,21+,23?. The van der Waals surface area contributed by atoms with Gasteiger partial charge in [0.15, 0.2) is 11.5 Å². The van der Waals surface area contributed by atoms with Crippen LogP contribution in [0, 0.1) is 6.92 Å². The van der Waals surface area contributed by atoms with Gasteiger partial charge in [0.25, 0.3) is 0 Å². The molecule has 2 fully saturated rings. The van der Waals surface area contributed by atoms with Gasteiger partial charge in [0.05, 0.1) is 5.52 Å². The number of fused-ring (bicyclic) bond motifs is 4. The number of hydrogen-bond donors (Lipinski definition) is 1. The Morgan fingerprint density at radius 3 is 2.71 bits per heavy atom. The van der Waals surface area contributed by atoms with Crippen molar-refractivity contribution in [2.24, 2.45) is 0 Å². The highest BCUT2D eigenvalue weighted by molar-refractivity contribution is 5.88. The van der Waals surface area contributed by atoms with Gasteiger partial charge in [0.2, 0.25) is 11.8 Å². The van der Waals surface area contributed by atoms with Crippen LogP contribution in [0.5, 0.6) is 17.4 Å². The summed E-state index contributed by atoms with van der Waals surface area (Å²) in [6.45, 7) is 5.64. The number of rotatable bonds is 7. The molecule has 1 amide bonds. The number of benzene rings is 1. The fourth-order valence-corrected chi connectivity index (χ4v) is 5.90. The van der Waals surface area contributed by atoms with Gasteiger partial charge in [-0.3, -0.25) is 4.79 Å². The molecule has 11 nitrogen and oxygen atoms in total. The molecule has 2 aliphatic heterocycles. The molecule has 0 radical (unpaired) electrons. The lowest BCUT2D eigenvalue weighted by molar-refractivity contribution is -0.131. The molecule has 0 saturated carbocycles. The smallest absolute Gasteiger partial charge is 0.246 e. The van der Waals surface area contributed by atoms with Crippen LogP contribution in [0.15, 0.2) is 74.0 Å². The van der Waals surface area contributed by atoms with Crippen molar-refractivity contribution in [3.8, 4) is 17.4 Å². The van der Waals surface area contributed by atoms with E-state index in [9.17, 15) is 4.79 Å². The summed E-state index contributed by atoms with van der Waals surface area (Å²) in [6.07, 6.45) is 9.80. The lowest BCUT2D eigenvalue weighted by atomic mass is 9.99. The van der Waals surface area contributed by atoms with Gasteiger partial charge < -0.3 is 19.7 Å². The average molecular weight is 549 g/mol. The number of piperidine rings is 1. The molecular formula is C30H28N8O3. The molecule has 2 bridgehead atoms. The van der Waals surface area contributed by atoms with E-state index in [2.05, 4.69) is 31.9 Å². The number of nitrogens with one attached hydrogen (secondary N) is 1. The Morgan fingerprint density at radius 1 is 1.05 bits per heavy atom. The second-order valence-electron chi connectivity index (χ2n) is 10.4. The van der Waals surface area contributed by atoms with Gasteiger partial charge in [-0.25, -0.2) is 24.5 Å². The topological polar surface area (TPSA) is 120 Å². The SMILES string of the molecule is C=CC(=O)N1[C@@H]2CC[C@H]1CC(Oc1ccc3ncnc(Nc4ccc(Oc5ccn6ncnc6c5)c(C)c4)c3n1)C2. The summed E-state index contributed by atoms with van der Waals surface area (Å²) >= 11 is 0.